The molecular weight excluding hydrogens is 200 g/mol. The molecule has 3 nitrogen and oxygen atoms in total. The third-order valence-corrected chi connectivity index (χ3v) is 2.85. The van der Waals surface area contributed by atoms with Crippen LogP contribution in [0.1, 0.15) is 36.9 Å². The van der Waals surface area contributed by atoms with Gasteiger partial charge < -0.3 is 4.74 Å². The molecule has 0 spiro atoms. The molecule has 1 aromatic rings. The maximum atomic E-state index is 5.62. The average Bonchev–Trinajstić information content (AvgIpc) is 2.35. The summed E-state index contributed by atoms with van der Waals surface area (Å²) in [4.78, 5) is 0. The fourth-order valence-electron chi connectivity index (χ4n) is 1.96. The Kier molecular flexibility index (Phi) is 6.08. The van der Waals surface area contributed by atoms with Crippen LogP contribution in [0.25, 0.3) is 0 Å². The van der Waals surface area contributed by atoms with Crippen LogP contribution in [0.5, 0.6) is 0 Å². The van der Waals surface area contributed by atoms with E-state index in [1.807, 2.05) is 0 Å². The lowest BCUT2D eigenvalue weighted by atomic mass is 9.96. The first-order valence-corrected chi connectivity index (χ1v) is 5.86. The van der Waals surface area contributed by atoms with Crippen molar-refractivity contribution >= 4 is 0 Å². The molecule has 3 heteroatoms. The smallest absolute Gasteiger partial charge is 0.0463 e. The van der Waals surface area contributed by atoms with Gasteiger partial charge in [0.15, 0.2) is 0 Å². The van der Waals surface area contributed by atoms with Crippen molar-refractivity contribution in [1.29, 1.82) is 0 Å². The number of hydrazine groups is 1. The molecule has 0 saturated carbocycles. The minimum Gasteiger partial charge on any atom is -0.385 e. The van der Waals surface area contributed by atoms with Crippen molar-refractivity contribution in [3.63, 3.8) is 0 Å². The summed E-state index contributed by atoms with van der Waals surface area (Å²) < 4.78 is 5.06. The largest absolute Gasteiger partial charge is 0.385 e. The summed E-state index contributed by atoms with van der Waals surface area (Å²) in [6.45, 7) is 2.95. The fourth-order valence-corrected chi connectivity index (χ4v) is 1.96. The van der Waals surface area contributed by atoms with Crippen LogP contribution in [0.2, 0.25) is 0 Å². The molecule has 0 fully saturated rings. The monoisotopic (exact) mass is 222 g/mol. The Balaban J connectivity index is 2.69. The molecule has 1 atom stereocenters. The van der Waals surface area contributed by atoms with Crippen molar-refractivity contribution in [3.05, 3.63) is 35.4 Å². The third kappa shape index (κ3) is 3.59. The van der Waals surface area contributed by atoms with Crippen LogP contribution in [-0.4, -0.2) is 13.7 Å². The number of nitrogens with two attached hydrogens (primary N) is 1. The lowest BCUT2D eigenvalue weighted by Gasteiger charge is -2.19. The minimum atomic E-state index is 0.228. The molecule has 16 heavy (non-hydrogen) atoms. The summed E-state index contributed by atoms with van der Waals surface area (Å²) in [6, 6.07) is 8.68. The van der Waals surface area contributed by atoms with Gasteiger partial charge in [-0.2, -0.15) is 0 Å². The van der Waals surface area contributed by atoms with Crippen LogP contribution in [0.15, 0.2) is 24.3 Å². The summed E-state index contributed by atoms with van der Waals surface area (Å²) in [5.41, 5.74) is 5.57. The highest BCUT2D eigenvalue weighted by Gasteiger charge is 2.11. The van der Waals surface area contributed by atoms with Gasteiger partial charge in [-0.15, -0.1) is 0 Å². The molecule has 0 aromatic heterocycles. The van der Waals surface area contributed by atoms with Crippen molar-refractivity contribution in [1.82, 2.24) is 5.43 Å². The Morgan fingerprint density at radius 3 is 2.75 bits per heavy atom. The molecule has 0 amide bonds. The van der Waals surface area contributed by atoms with Crippen LogP contribution in [-0.2, 0) is 11.2 Å². The molecule has 3 N–H and O–H groups in total. The van der Waals surface area contributed by atoms with Crippen LogP contribution in [0, 0.1) is 0 Å². The first-order chi connectivity index (χ1) is 7.83. The Morgan fingerprint density at radius 1 is 1.38 bits per heavy atom. The predicted molar refractivity (Wildman–Crippen MR) is 67.0 cm³/mol. The molecular formula is C13H22N2O. The SMILES string of the molecule is CCc1ccccc1C(CCCOC)NN. The maximum absolute atomic E-state index is 5.62. The molecule has 90 valence electrons. The van der Waals surface area contributed by atoms with E-state index in [2.05, 4.69) is 36.6 Å². The first kappa shape index (κ1) is 13.2. The summed E-state index contributed by atoms with van der Waals surface area (Å²) in [5.74, 6) is 5.62. The summed E-state index contributed by atoms with van der Waals surface area (Å²) in [6.07, 6.45) is 3.06. The van der Waals surface area contributed by atoms with Gasteiger partial charge in [0.05, 0.1) is 0 Å². The molecule has 0 aliphatic rings. The van der Waals surface area contributed by atoms with Gasteiger partial charge in [-0.25, -0.2) is 0 Å². The second-order valence-electron chi connectivity index (χ2n) is 3.91. The van der Waals surface area contributed by atoms with E-state index in [-0.39, 0.29) is 6.04 Å². The molecule has 1 unspecified atom stereocenters. The van der Waals surface area contributed by atoms with E-state index in [0.29, 0.717) is 0 Å². The molecule has 0 aliphatic carbocycles. The summed E-state index contributed by atoms with van der Waals surface area (Å²) in [7, 11) is 1.73. The molecule has 0 saturated heterocycles. The maximum Gasteiger partial charge on any atom is 0.0463 e. The van der Waals surface area contributed by atoms with Gasteiger partial charge in [0.25, 0.3) is 0 Å². The van der Waals surface area contributed by atoms with Crippen LogP contribution >= 0.6 is 0 Å². The number of benzene rings is 1. The molecule has 0 bridgehead atoms. The van der Waals surface area contributed by atoms with Gasteiger partial charge in [-0.1, -0.05) is 31.2 Å². The normalized spacial score (nSPS) is 12.7. The zero-order valence-electron chi connectivity index (χ0n) is 10.2. The highest BCUT2D eigenvalue weighted by atomic mass is 16.5. The second-order valence-corrected chi connectivity index (χ2v) is 3.91. The van der Waals surface area contributed by atoms with Crippen LogP contribution in [0.4, 0.5) is 0 Å². The van der Waals surface area contributed by atoms with E-state index in [4.69, 9.17) is 10.6 Å². The van der Waals surface area contributed by atoms with Gasteiger partial charge in [0, 0.05) is 19.8 Å². The first-order valence-electron chi connectivity index (χ1n) is 5.86. The molecule has 0 radical (unpaired) electrons. The van der Waals surface area contributed by atoms with Gasteiger partial charge in [-0.3, -0.25) is 11.3 Å². The number of methoxy groups -OCH3 is 1. The summed E-state index contributed by atoms with van der Waals surface area (Å²) in [5, 5.41) is 0. The number of aryl methyl sites for hydroxylation is 1. The molecule has 1 aromatic carbocycles. The summed E-state index contributed by atoms with van der Waals surface area (Å²) >= 11 is 0. The lowest BCUT2D eigenvalue weighted by molar-refractivity contribution is 0.188. The topological polar surface area (TPSA) is 47.3 Å². The van der Waals surface area contributed by atoms with Gasteiger partial charge >= 0.3 is 0 Å². The van der Waals surface area contributed by atoms with E-state index in [1.54, 1.807) is 7.11 Å². The predicted octanol–water partition coefficient (Wildman–Crippen LogP) is 2.18. The average molecular weight is 222 g/mol. The minimum absolute atomic E-state index is 0.228. The van der Waals surface area contributed by atoms with E-state index < -0.39 is 0 Å². The Morgan fingerprint density at radius 2 is 2.12 bits per heavy atom. The second kappa shape index (κ2) is 7.39. The van der Waals surface area contributed by atoms with E-state index >= 15 is 0 Å². The highest BCUT2D eigenvalue weighted by Crippen LogP contribution is 2.22. The zero-order valence-corrected chi connectivity index (χ0v) is 10.2. The van der Waals surface area contributed by atoms with Crippen molar-refractivity contribution < 1.29 is 4.74 Å². The Bertz CT molecular complexity index is 302. The van der Waals surface area contributed by atoms with E-state index in [1.165, 1.54) is 11.1 Å². The van der Waals surface area contributed by atoms with Crippen LogP contribution in [0.3, 0.4) is 0 Å². The van der Waals surface area contributed by atoms with Crippen molar-refractivity contribution in [3.8, 4) is 0 Å². The van der Waals surface area contributed by atoms with Crippen molar-refractivity contribution in [2.45, 2.75) is 32.2 Å². The molecule has 0 aliphatic heterocycles. The Labute approximate surface area is 98.0 Å². The number of ether oxygens (including phenoxy) is 1. The van der Waals surface area contributed by atoms with Gasteiger partial charge in [0.2, 0.25) is 0 Å². The molecule has 0 heterocycles. The van der Waals surface area contributed by atoms with Gasteiger partial charge in [-0.05, 0) is 30.4 Å². The standard InChI is InChI=1S/C13H22N2O/c1-3-11-7-4-5-8-12(11)13(15-14)9-6-10-16-2/h4-5,7-8,13,15H,3,6,9-10,14H2,1-2H3. The Hall–Kier alpha value is -0.900. The zero-order chi connectivity index (χ0) is 11.8. The van der Waals surface area contributed by atoms with E-state index in [0.717, 1.165) is 25.9 Å². The van der Waals surface area contributed by atoms with E-state index in [9.17, 15) is 0 Å². The molecule has 1 rings (SSSR count). The van der Waals surface area contributed by atoms with Crippen molar-refractivity contribution in [2.24, 2.45) is 5.84 Å². The quantitative estimate of drug-likeness (QED) is 0.422. The lowest BCUT2D eigenvalue weighted by Crippen LogP contribution is -2.29. The number of hydrogen-bond donors (Lipinski definition) is 2. The fraction of sp³-hybridized carbons (Fsp3) is 0.538. The highest BCUT2D eigenvalue weighted by molar-refractivity contribution is 5.29. The van der Waals surface area contributed by atoms with Crippen LogP contribution < -0.4 is 11.3 Å². The van der Waals surface area contributed by atoms with Crippen molar-refractivity contribution in [2.75, 3.05) is 13.7 Å². The third-order valence-electron chi connectivity index (χ3n) is 2.85. The number of nitrogens with one attached hydrogen (secondary N) is 1. The number of hydrogen-bond acceptors (Lipinski definition) is 3. The van der Waals surface area contributed by atoms with Gasteiger partial charge in [0.1, 0.15) is 0 Å². The number of rotatable bonds is 7.